The SMILES string of the molecule is CCCc1nn2c(C#N)c(C(C)(C)C)nc2s1. The Morgan fingerprint density at radius 2 is 2.12 bits per heavy atom. The third kappa shape index (κ3) is 2.05. The summed E-state index contributed by atoms with van der Waals surface area (Å²) in [6.45, 7) is 8.31. The molecule has 5 heteroatoms. The molecule has 0 spiro atoms. The van der Waals surface area contributed by atoms with Gasteiger partial charge in [-0.3, -0.25) is 0 Å². The van der Waals surface area contributed by atoms with E-state index in [0.29, 0.717) is 5.69 Å². The van der Waals surface area contributed by atoms with Crippen LogP contribution in [0.4, 0.5) is 0 Å². The van der Waals surface area contributed by atoms with Gasteiger partial charge in [-0.25, -0.2) is 4.98 Å². The first kappa shape index (κ1) is 12.1. The Balaban J connectivity index is 2.61. The highest BCUT2D eigenvalue weighted by molar-refractivity contribution is 7.16. The number of imidazole rings is 1. The van der Waals surface area contributed by atoms with E-state index in [9.17, 15) is 5.26 Å². The van der Waals surface area contributed by atoms with Crippen molar-refractivity contribution >= 4 is 16.3 Å². The second kappa shape index (κ2) is 4.11. The lowest BCUT2D eigenvalue weighted by Gasteiger charge is -2.14. The van der Waals surface area contributed by atoms with Crippen molar-refractivity contribution in [3.05, 3.63) is 16.4 Å². The van der Waals surface area contributed by atoms with Crippen LogP contribution < -0.4 is 0 Å². The molecule has 17 heavy (non-hydrogen) atoms. The van der Waals surface area contributed by atoms with Gasteiger partial charge in [0.2, 0.25) is 4.96 Å². The smallest absolute Gasteiger partial charge is 0.213 e. The zero-order valence-corrected chi connectivity index (χ0v) is 11.4. The van der Waals surface area contributed by atoms with Gasteiger partial charge in [-0.1, -0.05) is 39.0 Å². The van der Waals surface area contributed by atoms with Gasteiger partial charge in [-0.15, -0.1) is 0 Å². The Morgan fingerprint density at radius 3 is 2.65 bits per heavy atom. The Bertz CT molecular complexity index is 580. The minimum absolute atomic E-state index is 0.122. The summed E-state index contributed by atoms with van der Waals surface area (Å²) < 4.78 is 1.69. The molecule has 2 rings (SSSR count). The molecule has 0 amide bonds. The fraction of sp³-hybridized carbons (Fsp3) is 0.583. The molecule has 0 aliphatic heterocycles. The minimum Gasteiger partial charge on any atom is -0.221 e. The number of aryl methyl sites for hydroxylation is 1. The van der Waals surface area contributed by atoms with Gasteiger partial charge in [0.1, 0.15) is 11.1 Å². The molecule has 0 atom stereocenters. The van der Waals surface area contributed by atoms with Crippen LogP contribution in [0.25, 0.3) is 4.96 Å². The average molecular weight is 248 g/mol. The predicted octanol–water partition coefficient (Wildman–Crippen LogP) is 2.91. The van der Waals surface area contributed by atoms with Crippen molar-refractivity contribution in [1.82, 2.24) is 14.6 Å². The first-order chi connectivity index (χ1) is 7.97. The van der Waals surface area contributed by atoms with Crippen LogP contribution in [0.15, 0.2) is 0 Å². The number of hydrogen-bond donors (Lipinski definition) is 0. The molecule has 2 aromatic heterocycles. The van der Waals surface area contributed by atoms with Crippen LogP contribution >= 0.6 is 11.3 Å². The van der Waals surface area contributed by atoms with Crippen molar-refractivity contribution in [3.63, 3.8) is 0 Å². The maximum atomic E-state index is 9.26. The number of aromatic nitrogens is 3. The van der Waals surface area contributed by atoms with Gasteiger partial charge in [0.25, 0.3) is 0 Å². The predicted molar refractivity (Wildman–Crippen MR) is 68.3 cm³/mol. The Labute approximate surface area is 105 Å². The third-order valence-electron chi connectivity index (χ3n) is 2.53. The molecule has 4 nitrogen and oxygen atoms in total. The summed E-state index contributed by atoms with van der Waals surface area (Å²) in [6.07, 6.45) is 2.01. The fourth-order valence-corrected chi connectivity index (χ4v) is 2.72. The van der Waals surface area contributed by atoms with E-state index in [1.54, 1.807) is 15.9 Å². The fourth-order valence-electron chi connectivity index (χ4n) is 1.73. The van der Waals surface area contributed by atoms with E-state index in [0.717, 1.165) is 28.5 Å². The van der Waals surface area contributed by atoms with E-state index >= 15 is 0 Å². The Kier molecular flexibility index (Phi) is 2.92. The summed E-state index contributed by atoms with van der Waals surface area (Å²) >= 11 is 1.58. The van der Waals surface area contributed by atoms with Crippen LogP contribution in [0.5, 0.6) is 0 Å². The number of nitrogens with zero attached hydrogens (tertiary/aromatic N) is 4. The highest BCUT2D eigenvalue weighted by atomic mass is 32.1. The zero-order valence-electron chi connectivity index (χ0n) is 10.6. The molecule has 0 fully saturated rings. The maximum absolute atomic E-state index is 9.26. The molecular weight excluding hydrogens is 232 g/mol. The molecule has 0 bridgehead atoms. The van der Waals surface area contributed by atoms with Gasteiger partial charge in [-0.2, -0.15) is 14.9 Å². The highest BCUT2D eigenvalue weighted by Gasteiger charge is 2.25. The number of hydrogen-bond acceptors (Lipinski definition) is 4. The molecule has 2 aromatic rings. The van der Waals surface area contributed by atoms with E-state index in [4.69, 9.17) is 0 Å². The van der Waals surface area contributed by atoms with E-state index in [2.05, 4.69) is 43.8 Å². The second-order valence-corrected chi connectivity index (χ2v) is 6.15. The van der Waals surface area contributed by atoms with E-state index < -0.39 is 0 Å². The molecular formula is C12H16N4S. The molecule has 0 aromatic carbocycles. The quantitative estimate of drug-likeness (QED) is 0.821. The molecule has 0 radical (unpaired) electrons. The molecule has 90 valence electrons. The summed E-state index contributed by atoms with van der Waals surface area (Å²) in [4.78, 5) is 5.38. The van der Waals surface area contributed by atoms with Crippen molar-refractivity contribution in [2.75, 3.05) is 0 Å². The number of nitriles is 1. The van der Waals surface area contributed by atoms with Crippen LogP contribution in [0, 0.1) is 11.3 Å². The van der Waals surface area contributed by atoms with Gasteiger partial charge >= 0.3 is 0 Å². The first-order valence-electron chi connectivity index (χ1n) is 5.76. The normalized spacial score (nSPS) is 11.9. The topological polar surface area (TPSA) is 54.0 Å². The van der Waals surface area contributed by atoms with Crippen LogP contribution in [-0.2, 0) is 11.8 Å². The Morgan fingerprint density at radius 1 is 1.41 bits per heavy atom. The van der Waals surface area contributed by atoms with Crippen molar-refractivity contribution in [1.29, 1.82) is 5.26 Å². The van der Waals surface area contributed by atoms with Crippen molar-refractivity contribution < 1.29 is 0 Å². The van der Waals surface area contributed by atoms with E-state index in [1.165, 1.54) is 0 Å². The summed E-state index contributed by atoms with van der Waals surface area (Å²) in [5.74, 6) is 0. The van der Waals surface area contributed by atoms with Crippen LogP contribution in [-0.4, -0.2) is 14.6 Å². The Hall–Kier alpha value is -1.41. The summed E-state index contributed by atoms with van der Waals surface area (Å²) in [5, 5.41) is 14.8. The van der Waals surface area contributed by atoms with Crippen molar-refractivity contribution in [2.24, 2.45) is 0 Å². The van der Waals surface area contributed by atoms with E-state index in [-0.39, 0.29) is 5.41 Å². The number of fused-ring (bicyclic) bond motifs is 1. The van der Waals surface area contributed by atoms with Gasteiger partial charge in [0.15, 0.2) is 5.69 Å². The van der Waals surface area contributed by atoms with Gasteiger partial charge in [0.05, 0.1) is 5.69 Å². The molecule has 0 saturated heterocycles. The minimum atomic E-state index is -0.122. The molecule has 0 unspecified atom stereocenters. The summed E-state index contributed by atoms with van der Waals surface area (Å²) in [5.41, 5.74) is 1.29. The first-order valence-corrected chi connectivity index (χ1v) is 6.58. The van der Waals surface area contributed by atoms with Crippen LogP contribution in [0.2, 0.25) is 0 Å². The monoisotopic (exact) mass is 248 g/mol. The molecule has 0 aliphatic carbocycles. The van der Waals surface area contributed by atoms with Gasteiger partial charge in [0, 0.05) is 11.8 Å². The van der Waals surface area contributed by atoms with Crippen LogP contribution in [0.1, 0.15) is 50.5 Å². The third-order valence-corrected chi connectivity index (χ3v) is 3.49. The molecule has 2 heterocycles. The second-order valence-electron chi connectivity index (χ2n) is 5.11. The lowest BCUT2D eigenvalue weighted by atomic mass is 9.91. The van der Waals surface area contributed by atoms with Crippen molar-refractivity contribution in [2.45, 2.75) is 46.0 Å². The molecule has 0 aliphatic rings. The maximum Gasteiger partial charge on any atom is 0.213 e. The lowest BCUT2D eigenvalue weighted by molar-refractivity contribution is 0.570. The zero-order chi connectivity index (χ0) is 12.6. The van der Waals surface area contributed by atoms with Crippen molar-refractivity contribution in [3.8, 4) is 6.07 Å². The largest absolute Gasteiger partial charge is 0.221 e. The lowest BCUT2D eigenvalue weighted by Crippen LogP contribution is -2.14. The summed E-state index contributed by atoms with van der Waals surface area (Å²) in [6, 6.07) is 2.23. The standard InChI is InChI=1S/C12H16N4S/c1-5-6-9-15-16-8(7-13)10(12(2,3)4)14-11(16)17-9/h5-6H2,1-4H3. The molecule has 0 N–H and O–H groups in total. The summed E-state index contributed by atoms with van der Waals surface area (Å²) in [7, 11) is 0. The van der Waals surface area contributed by atoms with Crippen LogP contribution in [0.3, 0.4) is 0 Å². The highest BCUT2D eigenvalue weighted by Crippen LogP contribution is 2.28. The average Bonchev–Trinajstić information content (AvgIpc) is 2.73. The van der Waals surface area contributed by atoms with Gasteiger partial charge < -0.3 is 0 Å². The molecule has 0 saturated carbocycles. The number of rotatable bonds is 2. The van der Waals surface area contributed by atoms with E-state index in [1.807, 2.05) is 0 Å². The van der Waals surface area contributed by atoms with Gasteiger partial charge in [-0.05, 0) is 6.42 Å².